The van der Waals surface area contributed by atoms with Gasteiger partial charge in [-0.1, -0.05) is 13.3 Å². The predicted molar refractivity (Wildman–Crippen MR) is 60.6 cm³/mol. The van der Waals surface area contributed by atoms with Gasteiger partial charge in [-0.15, -0.1) is 0 Å². The van der Waals surface area contributed by atoms with E-state index in [1.165, 1.54) is 0 Å². The standard InChI is InChI=1S/C12H16N4/c1-2-4-9-5-3-6-11-15-10(7-13)12(9,8-14)16-11/h9-10H,2-6H2,1H3,(H,15,16). The molecule has 2 rings (SSSR count). The molecule has 0 aromatic heterocycles. The van der Waals surface area contributed by atoms with Gasteiger partial charge in [0.15, 0.2) is 11.6 Å². The van der Waals surface area contributed by atoms with Gasteiger partial charge in [-0.05, 0) is 25.2 Å². The van der Waals surface area contributed by atoms with Gasteiger partial charge in [0.2, 0.25) is 0 Å². The maximum atomic E-state index is 9.45. The lowest BCUT2D eigenvalue weighted by Gasteiger charge is -2.32. The Kier molecular flexibility index (Phi) is 2.83. The van der Waals surface area contributed by atoms with Crippen molar-refractivity contribution >= 4 is 5.84 Å². The van der Waals surface area contributed by atoms with E-state index in [1.807, 2.05) is 0 Å². The summed E-state index contributed by atoms with van der Waals surface area (Å²) in [6, 6.07) is 3.98. The summed E-state index contributed by atoms with van der Waals surface area (Å²) in [7, 11) is 0. The molecule has 0 radical (unpaired) electrons. The molecule has 0 amide bonds. The lowest BCUT2D eigenvalue weighted by molar-refractivity contribution is 0.274. The minimum atomic E-state index is -0.753. The van der Waals surface area contributed by atoms with Crippen LogP contribution in [0.15, 0.2) is 4.99 Å². The number of fused-ring (bicyclic) bond motifs is 2. The second kappa shape index (κ2) is 4.14. The van der Waals surface area contributed by atoms with Crippen LogP contribution in [0.4, 0.5) is 0 Å². The monoisotopic (exact) mass is 216 g/mol. The largest absolute Gasteiger partial charge is 0.353 e. The molecule has 1 fully saturated rings. The fourth-order valence-electron chi connectivity index (χ4n) is 2.82. The van der Waals surface area contributed by atoms with Crippen LogP contribution < -0.4 is 5.32 Å². The van der Waals surface area contributed by atoms with Crippen LogP contribution in [0.1, 0.15) is 39.0 Å². The van der Waals surface area contributed by atoms with Crippen LogP contribution in [0, 0.1) is 28.6 Å². The number of aliphatic imine (C=N–C) groups is 1. The summed E-state index contributed by atoms with van der Waals surface area (Å²) in [5.41, 5.74) is -0.753. The third kappa shape index (κ3) is 1.46. The van der Waals surface area contributed by atoms with Gasteiger partial charge >= 0.3 is 0 Å². The minimum absolute atomic E-state index is 0.246. The molecule has 0 aromatic rings. The van der Waals surface area contributed by atoms with Crippen LogP contribution >= 0.6 is 0 Å². The van der Waals surface area contributed by atoms with Crippen molar-refractivity contribution in [2.75, 3.05) is 0 Å². The van der Waals surface area contributed by atoms with Crippen LogP contribution in [0.25, 0.3) is 0 Å². The summed E-state index contributed by atoms with van der Waals surface area (Å²) in [4.78, 5) is 4.33. The molecule has 0 spiro atoms. The van der Waals surface area contributed by atoms with E-state index in [-0.39, 0.29) is 5.92 Å². The second-order valence-electron chi connectivity index (χ2n) is 4.59. The molecule has 2 bridgehead atoms. The average Bonchev–Trinajstić information content (AvgIpc) is 2.56. The maximum absolute atomic E-state index is 9.45. The van der Waals surface area contributed by atoms with Crippen molar-refractivity contribution in [3.8, 4) is 12.1 Å². The number of nitrogens with zero attached hydrogens (tertiary/aromatic N) is 3. The van der Waals surface area contributed by atoms with Crippen molar-refractivity contribution in [3.63, 3.8) is 0 Å². The summed E-state index contributed by atoms with van der Waals surface area (Å²) in [5.74, 6) is 1.10. The van der Waals surface area contributed by atoms with Gasteiger partial charge in [0.25, 0.3) is 0 Å². The normalized spacial score (nSPS) is 36.6. The van der Waals surface area contributed by atoms with Crippen LogP contribution in [-0.4, -0.2) is 17.4 Å². The minimum Gasteiger partial charge on any atom is -0.353 e. The van der Waals surface area contributed by atoms with Gasteiger partial charge in [0.05, 0.1) is 18.0 Å². The third-order valence-corrected chi connectivity index (χ3v) is 3.62. The summed E-state index contributed by atoms with van der Waals surface area (Å²) < 4.78 is 0. The fourth-order valence-corrected chi connectivity index (χ4v) is 2.82. The van der Waals surface area contributed by atoms with E-state index in [1.54, 1.807) is 0 Å². The highest BCUT2D eigenvalue weighted by atomic mass is 15.2. The first kappa shape index (κ1) is 11.0. The number of hydrogen-bond acceptors (Lipinski definition) is 4. The molecule has 1 saturated heterocycles. The highest BCUT2D eigenvalue weighted by Gasteiger charge is 2.51. The summed E-state index contributed by atoms with van der Waals surface area (Å²) in [5, 5.41) is 21.8. The highest BCUT2D eigenvalue weighted by Crippen LogP contribution is 2.37. The summed E-state index contributed by atoms with van der Waals surface area (Å²) in [6.07, 6.45) is 5.00. The first-order valence-electron chi connectivity index (χ1n) is 5.92. The number of hydrogen-bond donors (Lipinski definition) is 1. The lowest BCUT2D eigenvalue weighted by Crippen LogP contribution is -2.53. The maximum Gasteiger partial charge on any atom is 0.175 e. The topological polar surface area (TPSA) is 72.0 Å². The molecule has 84 valence electrons. The predicted octanol–water partition coefficient (Wildman–Crippen LogP) is 1.74. The van der Waals surface area contributed by atoms with E-state index in [0.29, 0.717) is 0 Å². The molecular weight excluding hydrogens is 200 g/mol. The molecule has 1 N–H and O–H groups in total. The van der Waals surface area contributed by atoms with E-state index < -0.39 is 11.6 Å². The van der Waals surface area contributed by atoms with Gasteiger partial charge in [-0.3, -0.25) is 4.99 Å². The Morgan fingerprint density at radius 2 is 2.38 bits per heavy atom. The number of nitrogens with one attached hydrogen (secondary N) is 1. The Morgan fingerprint density at radius 3 is 3.00 bits per heavy atom. The van der Waals surface area contributed by atoms with Crippen LogP contribution in [0.5, 0.6) is 0 Å². The van der Waals surface area contributed by atoms with E-state index >= 15 is 0 Å². The quantitative estimate of drug-likeness (QED) is 0.764. The van der Waals surface area contributed by atoms with Gasteiger partial charge < -0.3 is 5.32 Å². The van der Waals surface area contributed by atoms with Gasteiger partial charge in [0, 0.05) is 6.42 Å². The molecule has 4 nitrogen and oxygen atoms in total. The smallest absolute Gasteiger partial charge is 0.175 e. The first-order valence-corrected chi connectivity index (χ1v) is 5.92. The van der Waals surface area contributed by atoms with E-state index in [0.717, 1.165) is 37.9 Å². The molecule has 3 unspecified atom stereocenters. The fraction of sp³-hybridized carbons (Fsp3) is 0.750. The number of rotatable bonds is 2. The molecular formula is C12H16N4. The molecule has 0 aromatic carbocycles. The zero-order chi connectivity index (χ0) is 11.6. The zero-order valence-electron chi connectivity index (χ0n) is 9.53. The molecule has 2 aliphatic heterocycles. The number of nitriles is 2. The van der Waals surface area contributed by atoms with Crippen molar-refractivity contribution in [1.29, 1.82) is 10.5 Å². The summed E-state index contributed by atoms with van der Waals surface area (Å²) in [6.45, 7) is 2.12. The Balaban J connectivity index is 2.36. The van der Waals surface area contributed by atoms with Gasteiger partial charge in [0.1, 0.15) is 0 Å². The van der Waals surface area contributed by atoms with Crippen molar-refractivity contribution in [2.45, 2.75) is 50.6 Å². The first-order chi connectivity index (χ1) is 7.76. The van der Waals surface area contributed by atoms with Crippen LogP contribution in [0.3, 0.4) is 0 Å². The molecule has 4 heteroatoms. The van der Waals surface area contributed by atoms with E-state index in [2.05, 4.69) is 29.4 Å². The van der Waals surface area contributed by atoms with Crippen LogP contribution in [0.2, 0.25) is 0 Å². The SMILES string of the molecule is CCCC1CCCC2=NC(C#N)C1(C#N)N2. The van der Waals surface area contributed by atoms with Crippen molar-refractivity contribution < 1.29 is 0 Å². The lowest BCUT2D eigenvalue weighted by atomic mass is 9.76. The van der Waals surface area contributed by atoms with E-state index in [9.17, 15) is 5.26 Å². The third-order valence-electron chi connectivity index (χ3n) is 3.62. The highest BCUT2D eigenvalue weighted by molar-refractivity contribution is 5.87. The molecule has 0 saturated carbocycles. The average molecular weight is 216 g/mol. The van der Waals surface area contributed by atoms with Crippen molar-refractivity contribution in [3.05, 3.63) is 0 Å². The molecule has 3 atom stereocenters. The second-order valence-corrected chi connectivity index (χ2v) is 4.59. The number of amidine groups is 1. The van der Waals surface area contributed by atoms with E-state index in [4.69, 9.17) is 5.26 Å². The van der Waals surface area contributed by atoms with Gasteiger partial charge in [-0.2, -0.15) is 10.5 Å². The van der Waals surface area contributed by atoms with Crippen molar-refractivity contribution in [1.82, 2.24) is 5.32 Å². The molecule has 0 aliphatic carbocycles. The Bertz CT molecular complexity index is 387. The van der Waals surface area contributed by atoms with Gasteiger partial charge in [-0.25, -0.2) is 0 Å². The Labute approximate surface area is 96.0 Å². The molecule has 2 aliphatic rings. The van der Waals surface area contributed by atoms with Crippen LogP contribution in [-0.2, 0) is 0 Å². The van der Waals surface area contributed by atoms with Crippen molar-refractivity contribution in [2.24, 2.45) is 10.9 Å². The zero-order valence-corrected chi connectivity index (χ0v) is 9.53. The Hall–Kier alpha value is -1.55. The Morgan fingerprint density at radius 1 is 1.56 bits per heavy atom. The summed E-state index contributed by atoms with van der Waals surface area (Å²) >= 11 is 0. The molecule has 16 heavy (non-hydrogen) atoms. The molecule has 2 heterocycles.